The fraction of sp³-hybridized carbons (Fsp3) is 0.214. The maximum absolute atomic E-state index is 12.5. The molecule has 108 valence electrons. The molecular weight excluding hydrogens is 270 g/mol. The summed E-state index contributed by atoms with van der Waals surface area (Å²) >= 11 is 0. The number of nitrogens with two attached hydrogens (primary N) is 1. The number of para-hydroxylation sites is 1. The zero-order chi connectivity index (χ0) is 14.7. The van der Waals surface area contributed by atoms with Crippen molar-refractivity contribution in [2.75, 3.05) is 18.6 Å². The van der Waals surface area contributed by atoms with Crippen LogP contribution >= 0.6 is 0 Å². The molecule has 0 aliphatic carbocycles. The molecule has 1 aliphatic heterocycles. The Hall–Kier alpha value is -2.67. The molecule has 7 heteroatoms. The van der Waals surface area contributed by atoms with Gasteiger partial charge in [-0.25, -0.2) is 10.8 Å². The van der Waals surface area contributed by atoms with Crippen LogP contribution in [0.25, 0.3) is 0 Å². The molecule has 0 saturated heterocycles. The van der Waals surface area contributed by atoms with E-state index in [4.69, 9.17) is 10.6 Å². The number of amides is 1. The summed E-state index contributed by atoms with van der Waals surface area (Å²) in [5.74, 6) is 6.26. The Bertz CT molecular complexity index is 661. The highest BCUT2D eigenvalue weighted by atomic mass is 16.5. The van der Waals surface area contributed by atoms with E-state index in [2.05, 4.69) is 15.4 Å². The van der Waals surface area contributed by atoms with E-state index in [1.165, 1.54) is 12.4 Å². The molecule has 0 atom stereocenters. The van der Waals surface area contributed by atoms with Gasteiger partial charge in [0.05, 0.1) is 18.9 Å². The van der Waals surface area contributed by atoms with Gasteiger partial charge in [0.2, 0.25) is 0 Å². The second kappa shape index (κ2) is 5.76. The van der Waals surface area contributed by atoms with Gasteiger partial charge in [0.25, 0.3) is 5.91 Å². The second-order valence-electron chi connectivity index (χ2n) is 4.62. The van der Waals surface area contributed by atoms with Gasteiger partial charge >= 0.3 is 0 Å². The van der Waals surface area contributed by atoms with Gasteiger partial charge in [-0.1, -0.05) is 18.2 Å². The van der Waals surface area contributed by atoms with E-state index in [1.54, 1.807) is 4.90 Å². The minimum atomic E-state index is -0.195. The maximum Gasteiger partial charge on any atom is 0.274 e. The van der Waals surface area contributed by atoms with Crippen LogP contribution in [0.4, 0.5) is 5.82 Å². The summed E-state index contributed by atoms with van der Waals surface area (Å²) in [4.78, 5) is 22.3. The first-order valence-corrected chi connectivity index (χ1v) is 6.56. The van der Waals surface area contributed by atoms with Gasteiger partial charge in [-0.3, -0.25) is 9.78 Å². The molecule has 2 aromatic rings. The number of nitrogen functional groups attached to an aromatic ring is 1. The predicted octanol–water partition coefficient (Wildman–Crippen LogP) is 0.797. The first-order valence-electron chi connectivity index (χ1n) is 6.56. The molecule has 1 amide bonds. The average molecular weight is 285 g/mol. The molecule has 3 N–H and O–H groups in total. The lowest BCUT2D eigenvalue weighted by molar-refractivity contribution is 0.0727. The zero-order valence-corrected chi connectivity index (χ0v) is 11.3. The number of nitrogens with zero attached hydrogens (tertiary/aromatic N) is 3. The van der Waals surface area contributed by atoms with Crippen molar-refractivity contribution in [1.82, 2.24) is 14.9 Å². The SMILES string of the molecule is NNc1cncc(C(=O)N2CCOc3ccccc3C2)n1. The average Bonchev–Trinajstić information content (AvgIpc) is 2.76. The molecule has 1 aromatic carbocycles. The highest BCUT2D eigenvalue weighted by Crippen LogP contribution is 2.23. The number of aromatic nitrogens is 2. The minimum absolute atomic E-state index is 0.195. The molecule has 0 saturated carbocycles. The number of hydrogen-bond donors (Lipinski definition) is 2. The third-order valence-electron chi connectivity index (χ3n) is 3.24. The number of anilines is 1. The van der Waals surface area contributed by atoms with Crippen molar-refractivity contribution in [3.8, 4) is 5.75 Å². The monoisotopic (exact) mass is 285 g/mol. The number of hydrogen-bond acceptors (Lipinski definition) is 6. The van der Waals surface area contributed by atoms with Gasteiger partial charge in [0, 0.05) is 12.1 Å². The van der Waals surface area contributed by atoms with Crippen LogP contribution in [0.2, 0.25) is 0 Å². The van der Waals surface area contributed by atoms with E-state index in [9.17, 15) is 4.79 Å². The molecule has 0 fully saturated rings. The molecule has 1 aliphatic rings. The highest BCUT2D eigenvalue weighted by Gasteiger charge is 2.22. The Kier molecular flexibility index (Phi) is 3.65. The maximum atomic E-state index is 12.5. The first-order chi connectivity index (χ1) is 10.3. The van der Waals surface area contributed by atoms with Gasteiger partial charge in [0.15, 0.2) is 5.82 Å². The third-order valence-corrected chi connectivity index (χ3v) is 3.24. The van der Waals surface area contributed by atoms with Gasteiger partial charge < -0.3 is 15.1 Å². The molecule has 0 radical (unpaired) electrons. The molecule has 0 unspecified atom stereocenters. The number of fused-ring (bicyclic) bond motifs is 1. The van der Waals surface area contributed by atoms with E-state index in [1.807, 2.05) is 24.3 Å². The van der Waals surface area contributed by atoms with Crippen LogP contribution in [0.5, 0.6) is 5.75 Å². The van der Waals surface area contributed by atoms with Crippen molar-refractivity contribution >= 4 is 11.7 Å². The molecule has 2 heterocycles. The summed E-state index contributed by atoms with van der Waals surface area (Å²) in [5.41, 5.74) is 3.61. The summed E-state index contributed by atoms with van der Waals surface area (Å²) in [5, 5.41) is 0. The van der Waals surface area contributed by atoms with Crippen LogP contribution in [-0.4, -0.2) is 33.9 Å². The zero-order valence-electron chi connectivity index (χ0n) is 11.3. The quantitative estimate of drug-likeness (QED) is 0.626. The molecule has 7 nitrogen and oxygen atoms in total. The van der Waals surface area contributed by atoms with Crippen LogP contribution in [0.3, 0.4) is 0 Å². The summed E-state index contributed by atoms with van der Waals surface area (Å²) in [6.45, 7) is 1.43. The van der Waals surface area contributed by atoms with Gasteiger partial charge in [-0.15, -0.1) is 0 Å². The lowest BCUT2D eigenvalue weighted by Gasteiger charge is -2.19. The number of benzene rings is 1. The van der Waals surface area contributed by atoms with Crippen molar-refractivity contribution < 1.29 is 9.53 Å². The number of carbonyl (C=O) groups excluding carboxylic acids is 1. The Morgan fingerprint density at radius 1 is 1.33 bits per heavy atom. The fourth-order valence-corrected chi connectivity index (χ4v) is 2.20. The van der Waals surface area contributed by atoms with Crippen LogP contribution in [0.1, 0.15) is 16.1 Å². The third kappa shape index (κ3) is 2.77. The van der Waals surface area contributed by atoms with Crippen molar-refractivity contribution in [2.24, 2.45) is 5.84 Å². The smallest absolute Gasteiger partial charge is 0.274 e. The highest BCUT2D eigenvalue weighted by molar-refractivity contribution is 5.92. The summed E-state index contributed by atoms with van der Waals surface area (Å²) in [6, 6.07) is 7.69. The lowest BCUT2D eigenvalue weighted by Crippen LogP contribution is -2.33. The van der Waals surface area contributed by atoms with Crippen molar-refractivity contribution in [3.05, 3.63) is 47.9 Å². The molecular formula is C14H15N5O2. The molecule has 3 rings (SSSR count). The van der Waals surface area contributed by atoms with Crippen LogP contribution < -0.4 is 16.0 Å². The van der Waals surface area contributed by atoms with Crippen molar-refractivity contribution in [3.63, 3.8) is 0 Å². The van der Waals surface area contributed by atoms with Crippen molar-refractivity contribution in [2.45, 2.75) is 6.54 Å². The number of ether oxygens (including phenoxy) is 1. The Labute approximate surface area is 121 Å². The summed E-state index contributed by atoms with van der Waals surface area (Å²) < 4.78 is 5.65. The van der Waals surface area contributed by atoms with E-state index < -0.39 is 0 Å². The van der Waals surface area contributed by atoms with Gasteiger partial charge in [-0.05, 0) is 6.07 Å². The molecule has 0 spiro atoms. The lowest BCUT2D eigenvalue weighted by atomic mass is 10.2. The Morgan fingerprint density at radius 2 is 2.19 bits per heavy atom. The second-order valence-corrected chi connectivity index (χ2v) is 4.62. The Morgan fingerprint density at radius 3 is 3.05 bits per heavy atom. The van der Waals surface area contributed by atoms with E-state index >= 15 is 0 Å². The number of carbonyl (C=O) groups is 1. The predicted molar refractivity (Wildman–Crippen MR) is 76.5 cm³/mol. The molecule has 0 bridgehead atoms. The van der Waals surface area contributed by atoms with Gasteiger partial charge in [-0.2, -0.15) is 0 Å². The van der Waals surface area contributed by atoms with E-state index in [0.717, 1.165) is 11.3 Å². The van der Waals surface area contributed by atoms with E-state index in [0.29, 0.717) is 25.5 Å². The van der Waals surface area contributed by atoms with E-state index in [-0.39, 0.29) is 11.6 Å². The van der Waals surface area contributed by atoms with Crippen LogP contribution in [0.15, 0.2) is 36.7 Å². The Balaban J connectivity index is 1.84. The first kappa shape index (κ1) is 13.3. The van der Waals surface area contributed by atoms with Crippen LogP contribution in [0, 0.1) is 0 Å². The van der Waals surface area contributed by atoms with Crippen LogP contribution in [-0.2, 0) is 6.54 Å². The number of hydrazine groups is 1. The fourth-order valence-electron chi connectivity index (χ4n) is 2.20. The molecule has 1 aromatic heterocycles. The topological polar surface area (TPSA) is 93.4 Å². The largest absolute Gasteiger partial charge is 0.491 e. The number of rotatable bonds is 2. The number of nitrogens with one attached hydrogen (secondary N) is 1. The summed E-state index contributed by atoms with van der Waals surface area (Å²) in [7, 11) is 0. The minimum Gasteiger partial charge on any atom is -0.491 e. The summed E-state index contributed by atoms with van der Waals surface area (Å²) in [6.07, 6.45) is 2.89. The standard InChI is InChI=1S/C14H15N5O2/c15-18-13-8-16-7-11(17-13)14(20)19-5-6-21-12-4-2-1-3-10(12)9-19/h1-4,7-8H,5-6,9,15H2,(H,17,18). The van der Waals surface area contributed by atoms with Crippen molar-refractivity contribution in [1.29, 1.82) is 0 Å². The van der Waals surface area contributed by atoms with Gasteiger partial charge in [0.1, 0.15) is 18.1 Å². The normalized spacial score (nSPS) is 13.9. The molecule has 21 heavy (non-hydrogen) atoms.